The van der Waals surface area contributed by atoms with E-state index in [1.54, 1.807) is 31.2 Å². The molecule has 1 aromatic heterocycles. The summed E-state index contributed by atoms with van der Waals surface area (Å²) in [7, 11) is 0. The zero-order valence-corrected chi connectivity index (χ0v) is 10.9. The van der Waals surface area contributed by atoms with E-state index in [1.165, 1.54) is 10.9 Å². The van der Waals surface area contributed by atoms with Crippen molar-refractivity contribution in [1.82, 2.24) is 9.78 Å². The third kappa shape index (κ3) is 2.56. The van der Waals surface area contributed by atoms with Crippen LogP contribution >= 0.6 is 0 Å². The van der Waals surface area contributed by atoms with Crippen LogP contribution in [0.1, 0.15) is 17.3 Å². The molecule has 0 aliphatic rings. The number of carbonyl (C=O) groups is 1. The molecule has 0 spiro atoms. The van der Waals surface area contributed by atoms with Crippen LogP contribution < -0.4 is 10.5 Å². The van der Waals surface area contributed by atoms with Crippen molar-refractivity contribution in [3.63, 3.8) is 0 Å². The topological polar surface area (TPSA) is 79.4 Å². The number of anilines is 1. The highest BCUT2D eigenvalue weighted by Gasteiger charge is 2.18. The number of nitrogen functional groups attached to an aromatic ring is 1. The highest BCUT2D eigenvalue weighted by atomic mass is 19.1. The number of halogens is 1. The standard InChI is InChI=1S/C13H14FN3O3/c1-2-19-13(18)9-7-16-17(12(9)15)10-5-3-4-6-11(10)20-8-14/h3-7H,2,8,15H2,1H3. The van der Waals surface area contributed by atoms with Crippen molar-refractivity contribution >= 4 is 11.8 Å². The number of alkyl halides is 1. The summed E-state index contributed by atoms with van der Waals surface area (Å²) in [6.07, 6.45) is 1.31. The van der Waals surface area contributed by atoms with Gasteiger partial charge in [0.25, 0.3) is 0 Å². The van der Waals surface area contributed by atoms with E-state index in [4.69, 9.17) is 15.2 Å². The summed E-state index contributed by atoms with van der Waals surface area (Å²) in [5.41, 5.74) is 6.48. The molecule has 0 saturated heterocycles. The van der Waals surface area contributed by atoms with Crippen LogP contribution in [0.2, 0.25) is 0 Å². The van der Waals surface area contributed by atoms with Gasteiger partial charge in [0, 0.05) is 0 Å². The number of esters is 1. The molecule has 0 unspecified atom stereocenters. The van der Waals surface area contributed by atoms with Crippen molar-refractivity contribution in [2.24, 2.45) is 0 Å². The van der Waals surface area contributed by atoms with Gasteiger partial charge in [-0.25, -0.2) is 13.9 Å². The first-order valence-corrected chi connectivity index (χ1v) is 5.97. The highest BCUT2D eigenvalue weighted by Crippen LogP contribution is 2.26. The number of ether oxygens (including phenoxy) is 2. The second-order valence-corrected chi connectivity index (χ2v) is 3.80. The Hall–Kier alpha value is -2.57. The van der Waals surface area contributed by atoms with Crippen LogP contribution in [-0.4, -0.2) is 29.2 Å². The number of aromatic nitrogens is 2. The molecule has 0 atom stereocenters. The average Bonchev–Trinajstić information content (AvgIpc) is 2.82. The lowest BCUT2D eigenvalue weighted by Crippen LogP contribution is -2.09. The average molecular weight is 279 g/mol. The summed E-state index contributed by atoms with van der Waals surface area (Å²) in [5.74, 6) is -0.168. The number of hydrogen-bond donors (Lipinski definition) is 1. The largest absolute Gasteiger partial charge is 0.462 e. The Bertz CT molecular complexity index is 613. The molecular weight excluding hydrogens is 265 g/mol. The molecule has 0 radical (unpaired) electrons. The van der Waals surface area contributed by atoms with Crippen molar-refractivity contribution in [2.45, 2.75) is 6.92 Å². The Labute approximate surface area is 114 Å². The van der Waals surface area contributed by atoms with E-state index < -0.39 is 12.8 Å². The summed E-state index contributed by atoms with van der Waals surface area (Å²) in [4.78, 5) is 11.7. The third-order valence-corrected chi connectivity index (χ3v) is 2.61. The van der Waals surface area contributed by atoms with Crippen LogP contribution in [0.5, 0.6) is 5.75 Å². The van der Waals surface area contributed by atoms with Gasteiger partial charge in [0.2, 0.25) is 6.86 Å². The minimum atomic E-state index is -0.969. The molecule has 0 fully saturated rings. The lowest BCUT2D eigenvalue weighted by molar-refractivity contribution is 0.0527. The fraction of sp³-hybridized carbons (Fsp3) is 0.231. The molecule has 1 aromatic carbocycles. The lowest BCUT2D eigenvalue weighted by Gasteiger charge is -2.10. The first-order chi connectivity index (χ1) is 9.69. The quantitative estimate of drug-likeness (QED) is 0.846. The number of hydrogen-bond acceptors (Lipinski definition) is 5. The lowest BCUT2D eigenvalue weighted by atomic mass is 10.3. The summed E-state index contributed by atoms with van der Waals surface area (Å²) < 4.78 is 23.4. The molecule has 7 heteroatoms. The van der Waals surface area contributed by atoms with Gasteiger partial charge in [0.1, 0.15) is 22.8 Å². The second-order valence-electron chi connectivity index (χ2n) is 3.80. The van der Waals surface area contributed by atoms with Crippen molar-refractivity contribution in [3.8, 4) is 11.4 Å². The number of benzene rings is 1. The molecule has 1 heterocycles. The predicted octanol–water partition coefficient (Wildman–Crippen LogP) is 1.94. The Balaban J connectivity index is 2.42. The van der Waals surface area contributed by atoms with E-state index >= 15 is 0 Å². The van der Waals surface area contributed by atoms with Crippen LogP contribution in [0.25, 0.3) is 5.69 Å². The first-order valence-electron chi connectivity index (χ1n) is 5.97. The van der Waals surface area contributed by atoms with Gasteiger partial charge in [0.05, 0.1) is 12.8 Å². The molecule has 0 aliphatic carbocycles. The zero-order valence-electron chi connectivity index (χ0n) is 10.9. The third-order valence-electron chi connectivity index (χ3n) is 2.61. The van der Waals surface area contributed by atoms with Gasteiger partial charge in [-0.1, -0.05) is 12.1 Å². The second kappa shape index (κ2) is 6.05. The van der Waals surface area contributed by atoms with E-state index in [0.717, 1.165) is 0 Å². The maximum absolute atomic E-state index is 12.4. The fourth-order valence-corrected chi connectivity index (χ4v) is 1.73. The molecule has 0 aliphatic heterocycles. The summed E-state index contributed by atoms with van der Waals surface area (Å²) in [6.45, 7) is 0.969. The number of carbonyl (C=O) groups excluding carboxylic acids is 1. The SMILES string of the molecule is CCOC(=O)c1cnn(-c2ccccc2OCF)c1N. The van der Waals surface area contributed by atoms with E-state index in [1.807, 2.05) is 0 Å². The highest BCUT2D eigenvalue weighted by molar-refractivity contribution is 5.94. The summed E-state index contributed by atoms with van der Waals surface area (Å²) in [5, 5.41) is 4.02. The molecule has 0 bridgehead atoms. The minimum absolute atomic E-state index is 0.110. The molecule has 2 N–H and O–H groups in total. The number of rotatable bonds is 5. The Morgan fingerprint density at radius 3 is 2.90 bits per heavy atom. The molecule has 0 saturated carbocycles. The van der Waals surface area contributed by atoms with Gasteiger partial charge in [0.15, 0.2) is 0 Å². The molecular formula is C13H14FN3O3. The van der Waals surface area contributed by atoms with Crippen LogP contribution in [0.3, 0.4) is 0 Å². The van der Waals surface area contributed by atoms with Gasteiger partial charge in [-0.15, -0.1) is 0 Å². The molecule has 20 heavy (non-hydrogen) atoms. The van der Waals surface area contributed by atoms with E-state index in [-0.39, 0.29) is 23.7 Å². The number of nitrogens with two attached hydrogens (primary N) is 1. The van der Waals surface area contributed by atoms with Crippen LogP contribution in [0.4, 0.5) is 10.2 Å². The van der Waals surface area contributed by atoms with Gasteiger partial charge < -0.3 is 15.2 Å². The van der Waals surface area contributed by atoms with Crippen LogP contribution in [0.15, 0.2) is 30.5 Å². The Morgan fingerprint density at radius 1 is 1.45 bits per heavy atom. The van der Waals surface area contributed by atoms with Gasteiger partial charge in [-0.05, 0) is 19.1 Å². The maximum atomic E-state index is 12.4. The summed E-state index contributed by atoms with van der Waals surface area (Å²) >= 11 is 0. The monoisotopic (exact) mass is 279 g/mol. The first kappa shape index (κ1) is 13.9. The van der Waals surface area contributed by atoms with Gasteiger partial charge >= 0.3 is 5.97 Å². The molecule has 6 nitrogen and oxygen atoms in total. The summed E-state index contributed by atoms with van der Waals surface area (Å²) in [6, 6.07) is 6.66. The maximum Gasteiger partial charge on any atom is 0.343 e. The van der Waals surface area contributed by atoms with Crippen molar-refractivity contribution in [1.29, 1.82) is 0 Å². The smallest absolute Gasteiger partial charge is 0.343 e. The van der Waals surface area contributed by atoms with Crippen molar-refractivity contribution < 1.29 is 18.7 Å². The van der Waals surface area contributed by atoms with Crippen LogP contribution in [-0.2, 0) is 4.74 Å². The molecule has 0 amide bonds. The normalized spacial score (nSPS) is 10.3. The van der Waals surface area contributed by atoms with E-state index in [0.29, 0.717) is 5.69 Å². The molecule has 2 aromatic rings. The predicted molar refractivity (Wildman–Crippen MR) is 70.5 cm³/mol. The molecule has 2 rings (SSSR count). The van der Waals surface area contributed by atoms with Crippen molar-refractivity contribution in [3.05, 3.63) is 36.0 Å². The zero-order chi connectivity index (χ0) is 14.5. The minimum Gasteiger partial charge on any atom is -0.462 e. The van der Waals surface area contributed by atoms with E-state index in [9.17, 15) is 9.18 Å². The Kier molecular flexibility index (Phi) is 4.19. The van der Waals surface area contributed by atoms with Crippen molar-refractivity contribution in [2.75, 3.05) is 19.2 Å². The van der Waals surface area contributed by atoms with E-state index in [2.05, 4.69) is 5.10 Å². The van der Waals surface area contributed by atoms with Crippen LogP contribution in [0, 0.1) is 0 Å². The number of para-hydroxylation sites is 2. The fourth-order valence-electron chi connectivity index (χ4n) is 1.73. The van der Waals surface area contributed by atoms with Gasteiger partial charge in [-0.3, -0.25) is 0 Å². The molecule has 106 valence electrons. The Morgan fingerprint density at radius 2 is 2.20 bits per heavy atom. The number of nitrogens with zero attached hydrogens (tertiary/aromatic N) is 2. The van der Waals surface area contributed by atoms with Gasteiger partial charge in [-0.2, -0.15) is 5.10 Å².